The number of carbonyl (C=O) groups is 1. The highest BCUT2D eigenvalue weighted by Crippen LogP contribution is 2.38. The summed E-state index contributed by atoms with van der Waals surface area (Å²) in [6.45, 7) is 13.1. The van der Waals surface area contributed by atoms with Gasteiger partial charge in [0, 0.05) is 45.9 Å². The van der Waals surface area contributed by atoms with Gasteiger partial charge < -0.3 is 43.5 Å². The molecule has 46 heavy (non-hydrogen) atoms. The van der Waals surface area contributed by atoms with Crippen molar-refractivity contribution in [1.82, 2.24) is 9.80 Å². The number of rotatable bonds is 16. The van der Waals surface area contributed by atoms with E-state index in [-0.39, 0.29) is 24.0 Å². The van der Waals surface area contributed by atoms with Crippen LogP contribution in [0.15, 0.2) is 42.5 Å². The molecule has 2 aromatic carbocycles. The Kier molecular flexibility index (Phi) is 13.0. The number of hydrogen-bond donors (Lipinski definition) is 1. The summed E-state index contributed by atoms with van der Waals surface area (Å²) in [4.78, 5) is 18.7. The van der Waals surface area contributed by atoms with Gasteiger partial charge in [-0.1, -0.05) is 30.3 Å². The molecule has 2 saturated heterocycles. The lowest BCUT2D eigenvalue weighted by atomic mass is 9.78. The Hall–Kier alpha value is -2.89. The number of methoxy groups -OCH3 is 1. The molecule has 3 aliphatic heterocycles. The maximum absolute atomic E-state index is 12.3. The summed E-state index contributed by atoms with van der Waals surface area (Å²) in [5.41, 5.74) is 4.43. The van der Waals surface area contributed by atoms with E-state index in [1.807, 2.05) is 19.9 Å². The van der Waals surface area contributed by atoms with Crippen molar-refractivity contribution in [2.45, 2.75) is 64.4 Å². The highest BCUT2D eigenvalue weighted by molar-refractivity contribution is 5.65. The van der Waals surface area contributed by atoms with Crippen molar-refractivity contribution in [2.75, 3.05) is 84.3 Å². The average Bonchev–Trinajstić information content (AvgIpc) is 3.57. The van der Waals surface area contributed by atoms with Gasteiger partial charge in [-0.15, -0.1) is 0 Å². The van der Waals surface area contributed by atoms with E-state index >= 15 is 0 Å². The van der Waals surface area contributed by atoms with Crippen molar-refractivity contribution in [3.05, 3.63) is 59.2 Å². The molecule has 2 aromatic rings. The monoisotopic (exact) mass is 639 g/mol. The lowest BCUT2D eigenvalue weighted by Crippen LogP contribution is -2.53. The first-order valence-corrected chi connectivity index (χ1v) is 17.0. The highest BCUT2D eigenvalue weighted by atomic mass is 16.5. The summed E-state index contributed by atoms with van der Waals surface area (Å²) in [5, 5.41) is 10.1. The van der Waals surface area contributed by atoms with Crippen molar-refractivity contribution in [1.29, 1.82) is 0 Å². The first-order valence-electron chi connectivity index (χ1n) is 17.0. The molecule has 0 unspecified atom stereocenters. The van der Waals surface area contributed by atoms with Gasteiger partial charge in [0.05, 0.1) is 50.8 Å². The Bertz CT molecular complexity index is 1220. The summed E-state index contributed by atoms with van der Waals surface area (Å²) < 4.78 is 29.5. The molecule has 3 heterocycles. The zero-order valence-electron chi connectivity index (χ0n) is 27.9. The minimum atomic E-state index is -0.884. The standard InChI is InChI=1S/C36H53N3O7/c1-4-44-27(2)24-43-25-28-8-11-30(12-9-28)35-31(21-37-14-5-6-15-37)22-39(36(40)41)23-34(35)46-26-29-10-13-33-32(20-29)38(17-19-45-33)16-7-18-42-3/h8-13,20,27,31,34-35H,4-7,14-19,21-26H2,1-3H3,(H,40,41)/t27-,31-,34+,35+/m1/s1. The predicted molar refractivity (Wildman–Crippen MR) is 178 cm³/mol. The largest absolute Gasteiger partial charge is 0.490 e. The third-order valence-corrected chi connectivity index (χ3v) is 9.39. The van der Waals surface area contributed by atoms with Crippen molar-refractivity contribution in [3.8, 4) is 5.75 Å². The second kappa shape index (κ2) is 17.3. The van der Waals surface area contributed by atoms with E-state index in [1.165, 1.54) is 18.4 Å². The van der Waals surface area contributed by atoms with Gasteiger partial charge in [0.2, 0.25) is 0 Å². The first-order chi connectivity index (χ1) is 22.4. The number of nitrogens with zero attached hydrogens (tertiary/aromatic N) is 3. The van der Waals surface area contributed by atoms with Crippen LogP contribution < -0.4 is 9.64 Å². The zero-order chi connectivity index (χ0) is 32.3. The molecule has 0 aromatic heterocycles. The topological polar surface area (TPSA) is 93.2 Å². The van der Waals surface area contributed by atoms with Crippen molar-refractivity contribution < 1.29 is 33.6 Å². The molecule has 1 N–H and O–H groups in total. The summed E-state index contributed by atoms with van der Waals surface area (Å²) in [7, 11) is 1.73. The Balaban J connectivity index is 1.33. The molecule has 10 heteroatoms. The normalized spacial score (nSPS) is 22.5. The number of ether oxygens (including phenoxy) is 5. The number of likely N-dealkylation sites (tertiary alicyclic amines) is 2. The molecule has 0 saturated carbocycles. The van der Waals surface area contributed by atoms with Crippen molar-refractivity contribution in [2.24, 2.45) is 5.92 Å². The third-order valence-electron chi connectivity index (χ3n) is 9.39. The van der Waals surface area contributed by atoms with Crippen molar-refractivity contribution >= 4 is 11.8 Å². The van der Waals surface area contributed by atoms with Gasteiger partial charge >= 0.3 is 6.09 Å². The minimum absolute atomic E-state index is 0.0642. The SMILES string of the molecule is CCO[C@H](C)COCc1ccc([C@H]2[C@H](CN3CCCC3)CN(C(=O)O)C[C@@H]2OCc2ccc3c(c2)N(CCCOC)CCO3)cc1. The van der Waals surface area contributed by atoms with E-state index in [9.17, 15) is 9.90 Å². The maximum atomic E-state index is 12.3. The Morgan fingerprint density at radius 1 is 1.04 bits per heavy atom. The molecule has 254 valence electrons. The second-order valence-corrected chi connectivity index (χ2v) is 12.8. The van der Waals surface area contributed by atoms with Gasteiger partial charge in [-0.25, -0.2) is 4.79 Å². The number of amides is 1. The van der Waals surface area contributed by atoms with E-state index in [4.69, 9.17) is 23.7 Å². The van der Waals surface area contributed by atoms with Crippen LogP contribution in [0.5, 0.6) is 5.75 Å². The third kappa shape index (κ3) is 9.35. The van der Waals surface area contributed by atoms with E-state index in [1.54, 1.807) is 12.0 Å². The van der Waals surface area contributed by atoms with Gasteiger partial charge in [0.25, 0.3) is 0 Å². The summed E-state index contributed by atoms with van der Waals surface area (Å²) in [5.74, 6) is 1.08. The number of benzene rings is 2. The Morgan fingerprint density at radius 2 is 1.83 bits per heavy atom. The average molecular weight is 640 g/mol. The number of piperidine rings is 1. The molecule has 0 aliphatic carbocycles. The molecule has 4 atom stereocenters. The minimum Gasteiger partial charge on any atom is -0.490 e. The van der Waals surface area contributed by atoms with Crippen molar-refractivity contribution in [3.63, 3.8) is 0 Å². The van der Waals surface area contributed by atoms with Crippen LogP contribution in [0.4, 0.5) is 10.5 Å². The first kappa shape index (κ1) is 34.4. The van der Waals surface area contributed by atoms with Crippen LogP contribution in [0, 0.1) is 5.92 Å². The van der Waals surface area contributed by atoms with Crippen LogP contribution in [-0.4, -0.2) is 113 Å². The van der Waals surface area contributed by atoms with Crippen LogP contribution in [0.3, 0.4) is 0 Å². The highest BCUT2D eigenvalue weighted by Gasteiger charge is 2.41. The van der Waals surface area contributed by atoms with Gasteiger partial charge in [-0.2, -0.15) is 0 Å². The smallest absolute Gasteiger partial charge is 0.407 e. The summed E-state index contributed by atoms with van der Waals surface area (Å²) in [6.07, 6.45) is 2.24. The lowest BCUT2D eigenvalue weighted by molar-refractivity contribution is -0.0438. The van der Waals surface area contributed by atoms with Crippen LogP contribution in [-0.2, 0) is 32.2 Å². The van der Waals surface area contributed by atoms with Gasteiger partial charge in [-0.3, -0.25) is 0 Å². The van der Waals surface area contributed by atoms with Gasteiger partial charge in [-0.05, 0) is 80.9 Å². The molecule has 0 spiro atoms. The molecular weight excluding hydrogens is 586 g/mol. The molecule has 5 rings (SSSR count). The predicted octanol–water partition coefficient (Wildman–Crippen LogP) is 5.24. The molecular formula is C36H53N3O7. The van der Waals surface area contributed by atoms with Crippen LogP contribution >= 0.6 is 0 Å². The molecule has 3 aliphatic rings. The fraction of sp³-hybridized carbons (Fsp3) is 0.639. The fourth-order valence-corrected chi connectivity index (χ4v) is 7.13. The van der Waals surface area contributed by atoms with Crippen LogP contribution in [0.25, 0.3) is 0 Å². The molecule has 2 fully saturated rings. The van der Waals surface area contributed by atoms with E-state index in [0.717, 1.165) is 68.3 Å². The van der Waals surface area contributed by atoms with Crippen LogP contribution in [0.1, 0.15) is 55.7 Å². The summed E-state index contributed by atoms with van der Waals surface area (Å²) >= 11 is 0. The molecule has 1 amide bonds. The quantitative estimate of drug-likeness (QED) is 0.248. The zero-order valence-corrected chi connectivity index (χ0v) is 27.9. The van der Waals surface area contributed by atoms with Crippen LogP contribution in [0.2, 0.25) is 0 Å². The lowest BCUT2D eigenvalue weighted by Gasteiger charge is -2.44. The van der Waals surface area contributed by atoms with E-state index < -0.39 is 6.09 Å². The Morgan fingerprint density at radius 3 is 2.57 bits per heavy atom. The fourth-order valence-electron chi connectivity index (χ4n) is 7.13. The number of anilines is 1. The van der Waals surface area contributed by atoms with E-state index in [0.29, 0.717) is 46.1 Å². The number of fused-ring (bicyclic) bond motifs is 1. The number of carboxylic acid groups (broad SMARTS) is 1. The maximum Gasteiger partial charge on any atom is 0.407 e. The molecule has 0 radical (unpaired) electrons. The van der Waals surface area contributed by atoms with E-state index in [2.05, 4.69) is 46.2 Å². The van der Waals surface area contributed by atoms with Gasteiger partial charge in [0.15, 0.2) is 0 Å². The molecule has 0 bridgehead atoms. The van der Waals surface area contributed by atoms with Gasteiger partial charge in [0.1, 0.15) is 12.4 Å². The Labute approximate surface area is 274 Å². The number of hydrogen-bond acceptors (Lipinski definition) is 8. The summed E-state index contributed by atoms with van der Waals surface area (Å²) in [6, 6.07) is 14.9. The molecule has 10 nitrogen and oxygen atoms in total. The second-order valence-electron chi connectivity index (χ2n) is 12.8.